The molecule has 0 aromatic carbocycles. The van der Waals surface area contributed by atoms with Crippen LogP contribution in [0.5, 0.6) is 0 Å². The molecule has 0 spiro atoms. The average Bonchev–Trinajstić information content (AvgIpc) is 2.74. The van der Waals surface area contributed by atoms with Crippen molar-refractivity contribution in [2.45, 2.75) is 25.7 Å². The summed E-state index contributed by atoms with van der Waals surface area (Å²) in [4.78, 5) is 12.6. The number of piperidine rings is 1. The summed E-state index contributed by atoms with van der Waals surface area (Å²) in [7, 11) is 0. The third-order valence-electron chi connectivity index (χ3n) is 3.05. The first kappa shape index (κ1) is 12.1. The van der Waals surface area contributed by atoms with E-state index in [1.807, 2.05) is 5.38 Å². The Bertz CT molecular complexity index is 358. The second-order valence-corrected chi connectivity index (χ2v) is 5.60. The zero-order valence-electron chi connectivity index (χ0n) is 9.17. The Morgan fingerprint density at radius 2 is 2.50 bits per heavy atom. The lowest BCUT2D eigenvalue weighted by Crippen LogP contribution is -2.29. The number of Topliss-reactive ketones (excluding diaryl/α,β-unsaturated/α-hetero) is 1. The van der Waals surface area contributed by atoms with Crippen LogP contribution < -0.4 is 5.32 Å². The van der Waals surface area contributed by atoms with E-state index in [1.165, 1.54) is 24.2 Å². The van der Waals surface area contributed by atoms with Crippen molar-refractivity contribution in [1.82, 2.24) is 5.32 Å². The van der Waals surface area contributed by atoms with Gasteiger partial charge in [0.1, 0.15) is 0 Å². The fourth-order valence-electron chi connectivity index (χ4n) is 2.11. The van der Waals surface area contributed by atoms with Crippen LogP contribution in [0.1, 0.15) is 35.4 Å². The molecule has 0 saturated carbocycles. The van der Waals surface area contributed by atoms with E-state index in [-0.39, 0.29) is 5.78 Å². The van der Waals surface area contributed by atoms with Crippen molar-refractivity contribution in [1.29, 1.82) is 0 Å². The molecule has 1 N–H and O–H groups in total. The van der Waals surface area contributed by atoms with Crippen molar-refractivity contribution in [2.75, 3.05) is 13.1 Å². The highest BCUT2D eigenvalue weighted by atomic mass is 35.5. The maximum atomic E-state index is 11.9. The smallest absolute Gasteiger partial charge is 0.174 e. The van der Waals surface area contributed by atoms with E-state index in [4.69, 9.17) is 11.6 Å². The van der Waals surface area contributed by atoms with Gasteiger partial charge in [0.05, 0.1) is 9.90 Å². The van der Waals surface area contributed by atoms with Crippen molar-refractivity contribution in [3.8, 4) is 0 Å². The number of hydrogen-bond donors (Lipinski definition) is 1. The largest absolute Gasteiger partial charge is 0.316 e. The predicted octanol–water partition coefficient (Wildman–Crippen LogP) is 3.36. The van der Waals surface area contributed by atoms with Gasteiger partial charge >= 0.3 is 0 Å². The minimum Gasteiger partial charge on any atom is -0.316 e. The molecule has 1 aliphatic rings. The predicted molar refractivity (Wildman–Crippen MR) is 68.5 cm³/mol. The van der Waals surface area contributed by atoms with Gasteiger partial charge in [-0.2, -0.15) is 0 Å². The number of thiophene rings is 1. The van der Waals surface area contributed by atoms with Gasteiger partial charge in [-0.05, 0) is 49.7 Å². The summed E-state index contributed by atoms with van der Waals surface area (Å²) in [6.07, 6.45) is 4.10. The van der Waals surface area contributed by atoms with Crippen molar-refractivity contribution in [3.63, 3.8) is 0 Å². The number of rotatable bonds is 4. The summed E-state index contributed by atoms with van der Waals surface area (Å²) in [5, 5.41) is 5.85. The summed E-state index contributed by atoms with van der Waals surface area (Å²) >= 11 is 7.38. The van der Waals surface area contributed by atoms with E-state index in [1.54, 1.807) is 6.07 Å². The topological polar surface area (TPSA) is 29.1 Å². The van der Waals surface area contributed by atoms with Crippen LogP contribution in [0.25, 0.3) is 0 Å². The molecule has 0 amide bonds. The summed E-state index contributed by atoms with van der Waals surface area (Å²) in [6.45, 7) is 2.19. The van der Waals surface area contributed by atoms with E-state index in [0.717, 1.165) is 24.4 Å². The van der Waals surface area contributed by atoms with Crippen LogP contribution >= 0.6 is 22.9 Å². The molecular weight excluding hydrogens is 242 g/mol. The highest BCUT2D eigenvalue weighted by Crippen LogP contribution is 2.25. The average molecular weight is 258 g/mol. The molecule has 88 valence electrons. The Labute approximate surface area is 105 Å². The molecule has 1 aliphatic heterocycles. The lowest BCUT2D eigenvalue weighted by Gasteiger charge is -2.22. The molecule has 1 aromatic rings. The van der Waals surface area contributed by atoms with Gasteiger partial charge in [-0.3, -0.25) is 4.79 Å². The van der Waals surface area contributed by atoms with Crippen molar-refractivity contribution in [3.05, 3.63) is 21.3 Å². The molecule has 0 aliphatic carbocycles. The molecule has 1 saturated heterocycles. The van der Waals surface area contributed by atoms with Crippen LogP contribution in [-0.4, -0.2) is 18.9 Å². The molecule has 2 rings (SSSR count). The number of halogens is 1. The fourth-order valence-corrected chi connectivity index (χ4v) is 3.24. The zero-order chi connectivity index (χ0) is 11.4. The summed E-state index contributed by atoms with van der Waals surface area (Å²) in [6, 6.07) is 1.79. The van der Waals surface area contributed by atoms with E-state index >= 15 is 0 Å². The first-order valence-electron chi connectivity index (χ1n) is 5.74. The first-order chi connectivity index (χ1) is 7.77. The van der Waals surface area contributed by atoms with Gasteiger partial charge in [-0.15, -0.1) is 11.3 Å². The third-order valence-corrected chi connectivity index (χ3v) is 4.43. The lowest BCUT2D eigenvalue weighted by atomic mass is 9.93. The Hall–Kier alpha value is -0.380. The highest BCUT2D eigenvalue weighted by molar-refractivity contribution is 7.12. The number of carbonyl (C=O) groups excluding carboxylic acids is 1. The van der Waals surface area contributed by atoms with Gasteiger partial charge in [0.2, 0.25) is 0 Å². The molecule has 1 fully saturated rings. The summed E-state index contributed by atoms with van der Waals surface area (Å²) in [5.74, 6) is 0.863. The molecule has 1 aromatic heterocycles. The number of hydrogen-bond acceptors (Lipinski definition) is 3. The van der Waals surface area contributed by atoms with E-state index in [2.05, 4.69) is 5.32 Å². The second kappa shape index (κ2) is 5.80. The Balaban J connectivity index is 1.81. The van der Waals surface area contributed by atoms with Crippen LogP contribution in [0, 0.1) is 5.92 Å². The van der Waals surface area contributed by atoms with Crippen molar-refractivity contribution in [2.24, 2.45) is 5.92 Å². The molecule has 2 heterocycles. The van der Waals surface area contributed by atoms with Crippen LogP contribution in [0.4, 0.5) is 0 Å². The van der Waals surface area contributed by atoms with Crippen LogP contribution in [0.15, 0.2) is 11.4 Å². The minimum atomic E-state index is 0.200. The summed E-state index contributed by atoms with van der Waals surface area (Å²) < 4.78 is 0. The van der Waals surface area contributed by atoms with E-state index in [0.29, 0.717) is 17.4 Å². The SMILES string of the molecule is O=C(CCC1CCCNC1)c1sccc1Cl. The second-order valence-electron chi connectivity index (χ2n) is 4.27. The summed E-state index contributed by atoms with van der Waals surface area (Å²) in [5.41, 5.74) is 0. The molecule has 16 heavy (non-hydrogen) atoms. The third kappa shape index (κ3) is 3.06. The number of nitrogens with one attached hydrogen (secondary N) is 1. The number of ketones is 1. The van der Waals surface area contributed by atoms with Gasteiger partial charge < -0.3 is 5.32 Å². The monoisotopic (exact) mass is 257 g/mol. The molecule has 1 atom stereocenters. The van der Waals surface area contributed by atoms with Gasteiger partial charge in [-0.25, -0.2) is 0 Å². The fraction of sp³-hybridized carbons (Fsp3) is 0.583. The maximum absolute atomic E-state index is 11.9. The Morgan fingerprint density at radius 1 is 1.62 bits per heavy atom. The zero-order valence-corrected chi connectivity index (χ0v) is 10.7. The van der Waals surface area contributed by atoms with Crippen molar-refractivity contribution < 1.29 is 4.79 Å². The molecule has 1 unspecified atom stereocenters. The minimum absolute atomic E-state index is 0.200. The van der Waals surface area contributed by atoms with Crippen LogP contribution in [0.3, 0.4) is 0 Å². The van der Waals surface area contributed by atoms with Crippen LogP contribution in [0.2, 0.25) is 5.02 Å². The number of carbonyl (C=O) groups is 1. The quantitative estimate of drug-likeness (QED) is 0.838. The molecule has 0 bridgehead atoms. The standard InChI is InChI=1S/C12H16ClNOS/c13-10-5-7-16-12(10)11(15)4-3-9-2-1-6-14-8-9/h5,7,9,14H,1-4,6,8H2. The molecule has 2 nitrogen and oxygen atoms in total. The Kier molecular flexibility index (Phi) is 4.38. The van der Waals surface area contributed by atoms with E-state index < -0.39 is 0 Å². The molecular formula is C12H16ClNOS. The van der Waals surface area contributed by atoms with Gasteiger partial charge in [0.25, 0.3) is 0 Å². The lowest BCUT2D eigenvalue weighted by molar-refractivity contribution is 0.0975. The van der Waals surface area contributed by atoms with Crippen molar-refractivity contribution >= 4 is 28.7 Å². The van der Waals surface area contributed by atoms with E-state index in [9.17, 15) is 4.79 Å². The Morgan fingerprint density at radius 3 is 3.12 bits per heavy atom. The van der Waals surface area contributed by atoms with Gasteiger partial charge in [0.15, 0.2) is 5.78 Å². The van der Waals surface area contributed by atoms with Gasteiger partial charge in [0, 0.05) is 6.42 Å². The highest BCUT2D eigenvalue weighted by Gasteiger charge is 2.17. The molecule has 0 radical (unpaired) electrons. The molecule has 4 heteroatoms. The maximum Gasteiger partial charge on any atom is 0.174 e. The van der Waals surface area contributed by atoms with Crippen LogP contribution in [-0.2, 0) is 0 Å². The first-order valence-corrected chi connectivity index (χ1v) is 7.00. The normalized spacial score (nSPS) is 20.9. The van der Waals surface area contributed by atoms with Gasteiger partial charge in [-0.1, -0.05) is 11.6 Å².